The lowest BCUT2D eigenvalue weighted by Crippen LogP contribution is -2.08. The second-order valence-corrected chi connectivity index (χ2v) is 9.53. The first-order valence-electron chi connectivity index (χ1n) is 8.22. The molecule has 5 nitrogen and oxygen atoms in total. The normalized spacial score (nSPS) is 11.7. The number of halogens is 2. The van der Waals surface area contributed by atoms with Gasteiger partial charge < -0.3 is 5.32 Å². The summed E-state index contributed by atoms with van der Waals surface area (Å²) in [4.78, 5) is 16.4. The number of hydrogen-bond donors (Lipinski definition) is 1. The summed E-state index contributed by atoms with van der Waals surface area (Å²) in [6, 6.07) is 8.35. The minimum absolute atomic E-state index is 0.00187. The Kier molecular flexibility index (Phi) is 7.19. The van der Waals surface area contributed by atoms with E-state index >= 15 is 0 Å². The van der Waals surface area contributed by atoms with E-state index in [-0.39, 0.29) is 23.0 Å². The second kappa shape index (κ2) is 8.99. The van der Waals surface area contributed by atoms with Crippen LogP contribution in [0, 0.1) is 6.92 Å². The van der Waals surface area contributed by atoms with Crippen LogP contribution >= 0.6 is 27.5 Å². The van der Waals surface area contributed by atoms with E-state index in [2.05, 4.69) is 26.2 Å². The number of aryl methyl sites for hydroxylation is 1. The fraction of sp³-hybridized carbons (Fsp3) is 0.263. The molecule has 27 heavy (non-hydrogen) atoms. The van der Waals surface area contributed by atoms with Crippen molar-refractivity contribution in [1.82, 2.24) is 0 Å². The number of hydrogen-bond acceptors (Lipinski definition) is 4. The minimum Gasteiger partial charge on any atom is -0.345 e. The van der Waals surface area contributed by atoms with Gasteiger partial charge in [0, 0.05) is 15.1 Å². The summed E-state index contributed by atoms with van der Waals surface area (Å²) < 4.78 is 25.2. The molecular weight excluding hydrogens is 452 g/mol. The molecule has 0 aliphatic rings. The number of sulfone groups is 1. The van der Waals surface area contributed by atoms with Gasteiger partial charge in [-0.25, -0.2) is 8.42 Å². The third kappa shape index (κ3) is 5.40. The maximum atomic E-state index is 12.2. The van der Waals surface area contributed by atoms with Crippen molar-refractivity contribution in [3.8, 4) is 0 Å². The molecule has 0 aliphatic heterocycles. The van der Waals surface area contributed by atoms with E-state index in [0.717, 1.165) is 10.0 Å². The standard InChI is InChI=1S/C19H20BrClN2O3S/c1-4-27(25,26)18-6-5-15(21)9-14(18)10-22-11-23-19-16(13(3)24)7-12(2)8-17(19)20/h5-9,11H,4,10H2,1-3H3,(H,22,23). The van der Waals surface area contributed by atoms with Gasteiger partial charge in [0.1, 0.15) is 0 Å². The monoisotopic (exact) mass is 470 g/mol. The highest BCUT2D eigenvalue weighted by Crippen LogP contribution is 2.28. The van der Waals surface area contributed by atoms with Gasteiger partial charge in [0.2, 0.25) is 0 Å². The minimum atomic E-state index is -3.37. The lowest BCUT2D eigenvalue weighted by atomic mass is 10.1. The Morgan fingerprint density at radius 1 is 1.30 bits per heavy atom. The smallest absolute Gasteiger partial charge is 0.178 e. The highest BCUT2D eigenvalue weighted by Gasteiger charge is 2.16. The zero-order chi connectivity index (χ0) is 20.2. The van der Waals surface area contributed by atoms with Crippen molar-refractivity contribution in [3.63, 3.8) is 0 Å². The van der Waals surface area contributed by atoms with E-state index in [1.807, 2.05) is 13.0 Å². The molecule has 0 saturated heterocycles. The largest absolute Gasteiger partial charge is 0.345 e. The molecule has 2 aromatic carbocycles. The average Bonchev–Trinajstić information content (AvgIpc) is 2.59. The molecule has 0 spiro atoms. The number of carbonyl (C=O) groups is 1. The van der Waals surface area contributed by atoms with Crippen LogP contribution in [0.25, 0.3) is 0 Å². The Morgan fingerprint density at radius 3 is 2.63 bits per heavy atom. The van der Waals surface area contributed by atoms with Gasteiger partial charge in [0.05, 0.1) is 29.2 Å². The molecule has 0 aromatic heterocycles. The van der Waals surface area contributed by atoms with E-state index in [0.29, 0.717) is 21.8 Å². The number of carbonyl (C=O) groups excluding carboxylic acids is 1. The molecule has 144 valence electrons. The average molecular weight is 472 g/mol. The van der Waals surface area contributed by atoms with E-state index in [4.69, 9.17) is 11.6 Å². The fourth-order valence-corrected chi connectivity index (χ4v) is 4.54. The zero-order valence-corrected chi connectivity index (χ0v) is 18.4. The maximum absolute atomic E-state index is 12.2. The highest BCUT2D eigenvalue weighted by molar-refractivity contribution is 9.10. The molecule has 0 atom stereocenters. The summed E-state index contributed by atoms with van der Waals surface area (Å²) in [5.41, 5.74) is 2.65. The van der Waals surface area contributed by atoms with Crippen LogP contribution in [0.5, 0.6) is 0 Å². The van der Waals surface area contributed by atoms with Crippen LogP contribution in [-0.2, 0) is 16.4 Å². The third-order valence-electron chi connectivity index (χ3n) is 3.91. The van der Waals surface area contributed by atoms with Gasteiger partial charge >= 0.3 is 0 Å². The topological polar surface area (TPSA) is 75.6 Å². The van der Waals surface area contributed by atoms with E-state index in [1.165, 1.54) is 19.3 Å². The van der Waals surface area contributed by atoms with E-state index in [9.17, 15) is 13.2 Å². The van der Waals surface area contributed by atoms with Gasteiger partial charge in [-0.05, 0) is 71.2 Å². The lowest BCUT2D eigenvalue weighted by Gasteiger charge is -2.11. The first-order chi connectivity index (χ1) is 12.7. The van der Waals surface area contributed by atoms with Crippen LogP contribution in [0.2, 0.25) is 5.02 Å². The number of ketones is 1. The molecule has 0 amide bonds. The summed E-state index contributed by atoms with van der Waals surface area (Å²) >= 11 is 9.45. The molecular formula is C19H20BrClN2O3S. The van der Waals surface area contributed by atoms with Crippen LogP contribution in [0.1, 0.15) is 35.3 Å². The molecule has 2 rings (SSSR count). The number of benzene rings is 2. The van der Waals surface area contributed by atoms with Gasteiger partial charge in [-0.1, -0.05) is 18.5 Å². The zero-order valence-electron chi connectivity index (χ0n) is 15.2. The van der Waals surface area contributed by atoms with Crippen LogP contribution in [0.15, 0.2) is 44.7 Å². The lowest BCUT2D eigenvalue weighted by molar-refractivity contribution is 0.101. The number of anilines is 1. The predicted octanol–water partition coefficient (Wildman–Crippen LogP) is 5.05. The predicted molar refractivity (Wildman–Crippen MR) is 114 cm³/mol. The summed E-state index contributed by atoms with van der Waals surface area (Å²) in [6.07, 6.45) is 1.45. The van der Waals surface area contributed by atoms with Gasteiger partial charge in [0.25, 0.3) is 0 Å². The molecule has 8 heteroatoms. The molecule has 0 aliphatic carbocycles. The Hall–Kier alpha value is -1.70. The molecule has 0 saturated carbocycles. The number of Topliss-reactive ketones (excluding diaryl/α,β-unsaturated/α-hetero) is 1. The Bertz CT molecular complexity index is 1000. The molecule has 0 bridgehead atoms. The number of aliphatic imine (C=N–C) groups is 1. The van der Waals surface area contributed by atoms with E-state index < -0.39 is 9.84 Å². The summed E-state index contributed by atoms with van der Waals surface area (Å²) in [5, 5.41) is 3.45. The van der Waals surface area contributed by atoms with Crippen LogP contribution in [0.3, 0.4) is 0 Å². The molecule has 0 fully saturated rings. The van der Waals surface area contributed by atoms with Crippen LogP contribution < -0.4 is 5.32 Å². The first-order valence-corrected chi connectivity index (χ1v) is 11.0. The van der Waals surface area contributed by atoms with Crippen molar-refractivity contribution in [2.75, 3.05) is 11.1 Å². The maximum Gasteiger partial charge on any atom is 0.178 e. The van der Waals surface area contributed by atoms with Crippen LogP contribution in [-0.4, -0.2) is 26.3 Å². The van der Waals surface area contributed by atoms with Crippen molar-refractivity contribution in [2.24, 2.45) is 4.99 Å². The highest BCUT2D eigenvalue weighted by atomic mass is 79.9. The summed E-state index contributed by atoms with van der Waals surface area (Å²) in [6.45, 7) is 5.14. The Labute approximate surface area is 172 Å². The molecule has 1 N–H and O–H groups in total. The third-order valence-corrected chi connectivity index (χ3v) is 6.60. The first kappa shape index (κ1) is 21.6. The Balaban J connectivity index is 2.26. The fourth-order valence-electron chi connectivity index (χ4n) is 2.55. The number of nitrogens with zero attached hydrogens (tertiary/aromatic N) is 1. The van der Waals surface area contributed by atoms with Crippen LogP contribution in [0.4, 0.5) is 5.69 Å². The van der Waals surface area contributed by atoms with E-state index in [1.54, 1.807) is 25.1 Å². The molecule has 0 radical (unpaired) electrons. The van der Waals surface area contributed by atoms with Crippen molar-refractivity contribution in [2.45, 2.75) is 32.2 Å². The van der Waals surface area contributed by atoms with Crippen molar-refractivity contribution in [1.29, 1.82) is 0 Å². The number of nitrogens with one attached hydrogen (secondary N) is 1. The SMILES string of the molecule is CCS(=O)(=O)c1ccc(Cl)cc1CN=CNc1c(Br)cc(C)cc1C(C)=O. The van der Waals surface area contributed by atoms with Crippen molar-refractivity contribution in [3.05, 3.63) is 56.5 Å². The number of rotatable bonds is 7. The quantitative estimate of drug-likeness (QED) is 0.348. The van der Waals surface area contributed by atoms with Gasteiger partial charge in [0.15, 0.2) is 15.6 Å². The van der Waals surface area contributed by atoms with Crippen molar-refractivity contribution < 1.29 is 13.2 Å². The summed E-state index contributed by atoms with van der Waals surface area (Å²) in [7, 11) is -3.37. The van der Waals surface area contributed by atoms with Gasteiger partial charge in [-0.3, -0.25) is 9.79 Å². The molecule has 0 heterocycles. The van der Waals surface area contributed by atoms with Crippen molar-refractivity contribution >= 4 is 55.2 Å². The Morgan fingerprint density at radius 2 is 2.00 bits per heavy atom. The van der Waals surface area contributed by atoms with Gasteiger partial charge in [-0.2, -0.15) is 0 Å². The second-order valence-electron chi connectivity index (χ2n) is 6.00. The molecule has 2 aromatic rings. The summed E-state index contributed by atoms with van der Waals surface area (Å²) in [5.74, 6) is -0.0662. The van der Waals surface area contributed by atoms with Gasteiger partial charge in [-0.15, -0.1) is 0 Å². The molecule has 0 unspecified atom stereocenters.